The van der Waals surface area contributed by atoms with Crippen LogP contribution in [0.2, 0.25) is 0 Å². The standard InChI is InChI=1S/C17H26N2O2/c20-16-8-13-10-19(11-14(13)9-16)15-3-5-18(6-4-15)12-17-2-1-7-21-17/h1-2,7,13-16,20H,3-6,8-12H2/t13-,14+,16?. The monoisotopic (exact) mass is 290 g/mol. The normalized spacial score (nSPS) is 35.4. The predicted molar refractivity (Wildman–Crippen MR) is 80.8 cm³/mol. The summed E-state index contributed by atoms with van der Waals surface area (Å²) in [6.45, 7) is 5.77. The van der Waals surface area contributed by atoms with E-state index in [0.29, 0.717) is 0 Å². The molecular formula is C17H26N2O2. The highest BCUT2D eigenvalue weighted by atomic mass is 16.3. The van der Waals surface area contributed by atoms with Gasteiger partial charge in [0.15, 0.2) is 0 Å². The second-order valence-corrected chi connectivity index (χ2v) is 7.19. The molecule has 4 rings (SSSR count). The van der Waals surface area contributed by atoms with Gasteiger partial charge in [-0.15, -0.1) is 0 Å². The van der Waals surface area contributed by atoms with Crippen molar-refractivity contribution < 1.29 is 9.52 Å². The van der Waals surface area contributed by atoms with E-state index in [1.165, 1.54) is 39.0 Å². The molecule has 3 fully saturated rings. The highest BCUT2D eigenvalue weighted by Crippen LogP contribution is 2.39. The first-order valence-electron chi connectivity index (χ1n) is 8.45. The molecule has 1 N–H and O–H groups in total. The maximum atomic E-state index is 9.75. The summed E-state index contributed by atoms with van der Waals surface area (Å²) in [5, 5.41) is 9.75. The van der Waals surface area contributed by atoms with Crippen LogP contribution in [0, 0.1) is 11.8 Å². The van der Waals surface area contributed by atoms with Crippen LogP contribution in [0.3, 0.4) is 0 Å². The number of furan rings is 1. The van der Waals surface area contributed by atoms with E-state index in [1.54, 1.807) is 6.26 Å². The summed E-state index contributed by atoms with van der Waals surface area (Å²) in [7, 11) is 0. The van der Waals surface area contributed by atoms with Gasteiger partial charge in [0.2, 0.25) is 0 Å². The Labute approximate surface area is 126 Å². The van der Waals surface area contributed by atoms with Gasteiger partial charge in [0, 0.05) is 32.2 Å². The van der Waals surface area contributed by atoms with Gasteiger partial charge < -0.3 is 9.52 Å². The molecule has 1 aromatic rings. The van der Waals surface area contributed by atoms with Crippen LogP contribution in [-0.2, 0) is 6.54 Å². The Morgan fingerprint density at radius 3 is 2.48 bits per heavy atom. The highest BCUT2D eigenvalue weighted by molar-refractivity contribution is 4.99. The fourth-order valence-corrected chi connectivity index (χ4v) is 4.67. The zero-order valence-corrected chi connectivity index (χ0v) is 12.7. The molecule has 0 amide bonds. The van der Waals surface area contributed by atoms with E-state index in [9.17, 15) is 5.11 Å². The largest absolute Gasteiger partial charge is 0.468 e. The van der Waals surface area contributed by atoms with Gasteiger partial charge in [-0.1, -0.05) is 0 Å². The molecule has 2 aliphatic heterocycles. The molecule has 0 radical (unpaired) electrons. The average Bonchev–Trinajstić information content (AvgIpc) is 3.16. The molecule has 0 aromatic carbocycles. The lowest BCUT2D eigenvalue weighted by molar-refractivity contribution is 0.102. The van der Waals surface area contributed by atoms with Crippen molar-refractivity contribution in [1.82, 2.24) is 9.80 Å². The van der Waals surface area contributed by atoms with Crippen LogP contribution < -0.4 is 0 Å². The second kappa shape index (κ2) is 5.75. The topological polar surface area (TPSA) is 39.9 Å². The first kappa shape index (κ1) is 13.8. The van der Waals surface area contributed by atoms with E-state index in [0.717, 1.165) is 43.0 Å². The summed E-state index contributed by atoms with van der Waals surface area (Å²) in [4.78, 5) is 5.22. The second-order valence-electron chi connectivity index (χ2n) is 7.19. The Morgan fingerprint density at radius 1 is 1.14 bits per heavy atom. The smallest absolute Gasteiger partial charge is 0.117 e. The molecule has 2 saturated heterocycles. The Hall–Kier alpha value is -0.840. The fraction of sp³-hybridized carbons (Fsp3) is 0.765. The summed E-state index contributed by atoms with van der Waals surface area (Å²) >= 11 is 0. The Kier molecular flexibility index (Phi) is 3.78. The van der Waals surface area contributed by atoms with Gasteiger partial charge >= 0.3 is 0 Å². The van der Waals surface area contributed by atoms with E-state index in [2.05, 4.69) is 15.9 Å². The SMILES string of the molecule is OC1C[C@@H]2CN(C3CCN(Cc4ccco4)CC3)C[C@@H]2C1. The molecule has 1 aromatic heterocycles. The van der Waals surface area contributed by atoms with Crippen molar-refractivity contribution in [3.63, 3.8) is 0 Å². The summed E-state index contributed by atoms with van der Waals surface area (Å²) in [6.07, 6.45) is 6.39. The molecule has 1 unspecified atom stereocenters. The summed E-state index contributed by atoms with van der Waals surface area (Å²) in [6, 6.07) is 4.80. The van der Waals surface area contributed by atoms with Crippen LogP contribution in [0.1, 0.15) is 31.4 Å². The molecule has 3 atom stereocenters. The van der Waals surface area contributed by atoms with E-state index >= 15 is 0 Å². The van der Waals surface area contributed by atoms with Crippen molar-refractivity contribution >= 4 is 0 Å². The maximum Gasteiger partial charge on any atom is 0.117 e. The van der Waals surface area contributed by atoms with Crippen LogP contribution in [0.4, 0.5) is 0 Å². The third-order valence-electron chi connectivity index (χ3n) is 5.79. The van der Waals surface area contributed by atoms with Crippen molar-refractivity contribution in [2.45, 2.75) is 44.4 Å². The molecule has 21 heavy (non-hydrogen) atoms. The van der Waals surface area contributed by atoms with E-state index < -0.39 is 0 Å². The van der Waals surface area contributed by atoms with Gasteiger partial charge in [-0.05, 0) is 49.7 Å². The third kappa shape index (κ3) is 2.89. The predicted octanol–water partition coefficient (Wildman–Crippen LogP) is 1.95. The van der Waals surface area contributed by atoms with Crippen molar-refractivity contribution in [3.05, 3.63) is 24.2 Å². The molecule has 0 spiro atoms. The quantitative estimate of drug-likeness (QED) is 0.923. The van der Waals surface area contributed by atoms with Crippen molar-refractivity contribution in [3.8, 4) is 0 Å². The fourth-order valence-electron chi connectivity index (χ4n) is 4.67. The van der Waals surface area contributed by atoms with Gasteiger partial charge in [0.25, 0.3) is 0 Å². The van der Waals surface area contributed by atoms with Gasteiger partial charge in [0.1, 0.15) is 5.76 Å². The van der Waals surface area contributed by atoms with Crippen LogP contribution >= 0.6 is 0 Å². The lowest BCUT2D eigenvalue weighted by Gasteiger charge is -2.36. The Morgan fingerprint density at radius 2 is 1.86 bits per heavy atom. The zero-order valence-electron chi connectivity index (χ0n) is 12.7. The van der Waals surface area contributed by atoms with Crippen molar-refractivity contribution in [2.75, 3.05) is 26.2 Å². The van der Waals surface area contributed by atoms with Crippen molar-refractivity contribution in [2.24, 2.45) is 11.8 Å². The lowest BCUT2D eigenvalue weighted by atomic mass is 10.0. The van der Waals surface area contributed by atoms with Gasteiger partial charge in [-0.25, -0.2) is 0 Å². The average molecular weight is 290 g/mol. The minimum absolute atomic E-state index is 0.0164. The molecule has 1 saturated carbocycles. The number of aliphatic hydroxyl groups excluding tert-OH is 1. The number of hydrogen-bond donors (Lipinski definition) is 1. The van der Waals surface area contributed by atoms with Crippen LogP contribution in [0.5, 0.6) is 0 Å². The minimum atomic E-state index is -0.0164. The first-order chi connectivity index (χ1) is 10.3. The van der Waals surface area contributed by atoms with Gasteiger partial charge in [0.05, 0.1) is 18.9 Å². The molecule has 1 aliphatic carbocycles. The highest BCUT2D eigenvalue weighted by Gasteiger charge is 2.42. The number of likely N-dealkylation sites (tertiary alicyclic amines) is 2. The molecule has 3 heterocycles. The molecule has 116 valence electrons. The van der Waals surface area contributed by atoms with Gasteiger partial charge in [-0.3, -0.25) is 9.80 Å². The zero-order chi connectivity index (χ0) is 14.2. The lowest BCUT2D eigenvalue weighted by Crippen LogP contribution is -2.44. The molecular weight excluding hydrogens is 264 g/mol. The van der Waals surface area contributed by atoms with Crippen LogP contribution in [0.25, 0.3) is 0 Å². The summed E-state index contributed by atoms with van der Waals surface area (Å²) in [5.41, 5.74) is 0. The summed E-state index contributed by atoms with van der Waals surface area (Å²) < 4.78 is 5.45. The van der Waals surface area contributed by atoms with Crippen LogP contribution in [0.15, 0.2) is 22.8 Å². The molecule has 0 bridgehead atoms. The number of rotatable bonds is 3. The van der Waals surface area contributed by atoms with Crippen LogP contribution in [-0.4, -0.2) is 53.2 Å². The van der Waals surface area contributed by atoms with E-state index in [1.807, 2.05) is 6.07 Å². The summed E-state index contributed by atoms with van der Waals surface area (Å²) in [5.74, 6) is 2.61. The number of aliphatic hydroxyl groups is 1. The Bertz CT molecular complexity index is 439. The Balaban J connectivity index is 1.26. The minimum Gasteiger partial charge on any atom is -0.468 e. The maximum absolute atomic E-state index is 9.75. The number of fused-ring (bicyclic) bond motifs is 1. The van der Waals surface area contributed by atoms with Gasteiger partial charge in [-0.2, -0.15) is 0 Å². The number of piperidine rings is 1. The molecule has 3 aliphatic rings. The van der Waals surface area contributed by atoms with E-state index in [-0.39, 0.29) is 6.10 Å². The van der Waals surface area contributed by atoms with Crippen molar-refractivity contribution in [1.29, 1.82) is 0 Å². The molecule has 4 nitrogen and oxygen atoms in total. The third-order valence-corrected chi connectivity index (χ3v) is 5.79. The number of hydrogen-bond acceptors (Lipinski definition) is 4. The van der Waals surface area contributed by atoms with E-state index in [4.69, 9.17) is 4.42 Å². The number of nitrogens with zero attached hydrogens (tertiary/aromatic N) is 2. The first-order valence-corrected chi connectivity index (χ1v) is 8.45. The molecule has 4 heteroatoms.